The summed E-state index contributed by atoms with van der Waals surface area (Å²) in [6.45, 7) is 7.21. The van der Waals surface area contributed by atoms with Gasteiger partial charge in [0.1, 0.15) is 0 Å². The molecule has 0 aliphatic carbocycles. The zero-order valence-electron chi connectivity index (χ0n) is 10.4. The van der Waals surface area contributed by atoms with Crippen molar-refractivity contribution in [2.24, 2.45) is 0 Å². The van der Waals surface area contributed by atoms with E-state index < -0.39 is 0 Å². The van der Waals surface area contributed by atoms with Crippen LogP contribution < -0.4 is 0 Å². The topological polar surface area (TPSA) is 36.9 Å². The lowest BCUT2D eigenvalue weighted by atomic mass is 10.1. The van der Waals surface area contributed by atoms with Gasteiger partial charge in [-0.1, -0.05) is 0 Å². The van der Waals surface area contributed by atoms with E-state index in [4.69, 9.17) is 18.9 Å². The summed E-state index contributed by atoms with van der Waals surface area (Å²) in [5.74, 6) is 0. The summed E-state index contributed by atoms with van der Waals surface area (Å²) < 4.78 is 21.9. The quantitative estimate of drug-likeness (QED) is 0.600. The molecular formula is C12H24O4. The molecule has 4 nitrogen and oxygen atoms in total. The number of ether oxygens (including phenoxy) is 4. The van der Waals surface area contributed by atoms with Crippen molar-refractivity contribution in [3.05, 3.63) is 0 Å². The van der Waals surface area contributed by atoms with Crippen molar-refractivity contribution >= 4 is 0 Å². The Morgan fingerprint density at radius 3 is 2.50 bits per heavy atom. The Labute approximate surface area is 98.2 Å². The summed E-state index contributed by atoms with van der Waals surface area (Å²) in [6, 6.07) is 0. The Morgan fingerprint density at radius 1 is 1.19 bits per heavy atom. The molecule has 1 fully saturated rings. The Kier molecular flexibility index (Phi) is 7.76. The zero-order chi connectivity index (χ0) is 11.6. The van der Waals surface area contributed by atoms with Crippen LogP contribution in [0, 0.1) is 0 Å². The molecule has 16 heavy (non-hydrogen) atoms. The van der Waals surface area contributed by atoms with Gasteiger partial charge in [0.05, 0.1) is 19.3 Å². The summed E-state index contributed by atoms with van der Waals surface area (Å²) in [7, 11) is 0. The molecular weight excluding hydrogens is 208 g/mol. The van der Waals surface area contributed by atoms with Gasteiger partial charge in [0.2, 0.25) is 0 Å². The lowest BCUT2D eigenvalue weighted by molar-refractivity contribution is -0.174. The molecule has 96 valence electrons. The molecule has 0 spiro atoms. The SMILES string of the molecule is CCOC(COCC1CCCCO1)OCC. The lowest BCUT2D eigenvalue weighted by Gasteiger charge is -2.23. The molecule has 4 heteroatoms. The largest absolute Gasteiger partial charge is 0.376 e. The molecule has 0 saturated carbocycles. The first kappa shape index (κ1) is 13.9. The third-order valence-corrected chi connectivity index (χ3v) is 2.54. The minimum absolute atomic E-state index is 0.237. The van der Waals surface area contributed by atoms with Gasteiger partial charge in [0.15, 0.2) is 6.29 Å². The molecule has 0 aromatic carbocycles. The minimum atomic E-state index is -0.237. The average Bonchev–Trinajstić information content (AvgIpc) is 2.31. The Morgan fingerprint density at radius 2 is 1.94 bits per heavy atom. The van der Waals surface area contributed by atoms with E-state index in [2.05, 4.69) is 0 Å². The van der Waals surface area contributed by atoms with Crippen LogP contribution in [-0.2, 0) is 18.9 Å². The predicted octanol–water partition coefficient (Wildman–Crippen LogP) is 1.97. The van der Waals surface area contributed by atoms with E-state index in [-0.39, 0.29) is 12.4 Å². The van der Waals surface area contributed by atoms with E-state index in [1.54, 1.807) is 0 Å². The van der Waals surface area contributed by atoms with Gasteiger partial charge in [-0.2, -0.15) is 0 Å². The van der Waals surface area contributed by atoms with Crippen LogP contribution in [0.5, 0.6) is 0 Å². The highest BCUT2D eigenvalue weighted by Gasteiger charge is 2.15. The highest BCUT2D eigenvalue weighted by Crippen LogP contribution is 2.12. The van der Waals surface area contributed by atoms with E-state index in [0.29, 0.717) is 26.4 Å². The summed E-state index contributed by atoms with van der Waals surface area (Å²) in [5.41, 5.74) is 0. The Balaban J connectivity index is 2.06. The molecule has 1 aliphatic rings. The molecule has 1 unspecified atom stereocenters. The van der Waals surface area contributed by atoms with Crippen LogP contribution in [0.2, 0.25) is 0 Å². The summed E-state index contributed by atoms with van der Waals surface area (Å²) >= 11 is 0. The molecule has 0 N–H and O–H groups in total. The van der Waals surface area contributed by atoms with Gasteiger partial charge >= 0.3 is 0 Å². The molecule has 1 aliphatic heterocycles. The second-order valence-electron chi connectivity index (χ2n) is 3.87. The van der Waals surface area contributed by atoms with E-state index in [0.717, 1.165) is 13.0 Å². The Bertz CT molecular complexity index is 151. The van der Waals surface area contributed by atoms with Crippen LogP contribution in [0.15, 0.2) is 0 Å². The van der Waals surface area contributed by atoms with Crippen LogP contribution in [0.25, 0.3) is 0 Å². The molecule has 0 amide bonds. The second-order valence-corrected chi connectivity index (χ2v) is 3.87. The van der Waals surface area contributed by atoms with E-state index in [1.165, 1.54) is 12.8 Å². The van der Waals surface area contributed by atoms with Crippen molar-refractivity contribution in [3.8, 4) is 0 Å². The number of hydrogen-bond donors (Lipinski definition) is 0. The summed E-state index contributed by atoms with van der Waals surface area (Å²) in [6.07, 6.45) is 3.55. The fourth-order valence-corrected chi connectivity index (χ4v) is 1.75. The zero-order valence-corrected chi connectivity index (χ0v) is 10.4. The molecule has 0 radical (unpaired) electrons. The average molecular weight is 232 g/mol. The fraction of sp³-hybridized carbons (Fsp3) is 1.00. The first-order chi connectivity index (χ1) is 7.86. The number of hydrogen-bond acceptors (Lipinski definition) is 4. The van der Waals surface area contributed by atoms with E-state index in [9.17, 15) is 0 Å². The Hall–Kier alpha value is -0.160. The highest BCUT2D eigenvalue weighted by molar-refractivity contribution is 4.62. The second kappa shape index (κ2) is 8.93. The van der Waals surface area contributed by atoms with Crippen LogP contribution in [0.3, 0.4) is 0 Å². The smallest absolute Gasteiger partial charge is 0.180 e. The van der Waals surface area contributed by atoms with Crippen LogP contribution >= 0.6 is 0 Å². The maximum atomic E-state index is 5.57. The molecule has 0 aromatic heterocycles. The van der Waals surface area contributed by atoms with Crippen LogP contribution in [0.1, 0.15) is 33.1 Å². The molecule has 0 aromatic rings. The monoisotopic (exact) mass is 232 g/mol. The standard InChI is InChI=1S/C12H24O4/c1-3-14-12(15-4-2)10-13-9-11-7-5-6-8-16-11/h11-12H,3-10H2,1-2H3. The maximum Gasteiger partial charge on any atom is 0.180 e. The van der Waals surface area contributed by atoms with Gasteiger partial charge in [0, 0.05) is 19.8 Å². The van der Waals surface area contributed by atoms with Crippen molar-refractivity contribution in [2.75, 3.05) is 33.0 Å². The highest BCUT2D eigenvalue weighted by atomic mass is 16.7. The molecule has 1 atom stereocenters. The van der Waals surface area contributed by atoms with Crippen molar-refractivity contribution in [2.45, 2.75) is 45.5 Å². The molecule has 1 rings (SSSR count). The van der Waals surface area contributed by atoms with Gasteiger partial charge in [-0.05, 0) is 33.1 Å². The normalized spacial score (nSPS) is 21.6. The molecule has 0 bridgehead atoms. The summed E-state index contributed by atoms with van der Waals surface area (Å²) in [5, 5.41) is 0. The van der Waals surface area contributed by atoms with Gasteiger partial charge in [-0.15, -0.1) is 0 Å². The van der Waals surface area contributed by atoms with Gasteiger partial charge < -0.3 is 18.9 Å². The third kappa shape index (κ3) is 5.80. The fourth-order valence-electron chi connectivity index (χ4n) is 1.75. The van der Waals surface area contributed by atoms with Crippen LogP contribution in [-0.4, -0.2) is 45.4 Å². The lowest BCUT2D eigenvalue weighted by Crippen LogP contribution is -2.29. The van der Waals surface area contributed by atoms with Crippen LogP contribution in [0.4, 0.5) is 0 Å². The first-order valence-electron chi connectivity index (χ1n) is 6.29. The summed E-state index contributed by atoms with van der Waals surface area (Å²) in [4.78, 5) is 0. The maximum absolute atomic E-state index is 5.57. The molecule has 1 saturated heterocycles. The molecule has 1 heterocycles. The van der Waals surface area contributed by atoms with Gasteiger partial charge in [-0.3, -0.25) is 0 Å². The van der Waals surface area contributed by atoms with Gasteiger partial charge in [-0.25, -0.2) is 0 Å². The number of rotatable bonds is 8. The van der Waals surface area contributed by atoms with Crippen molar-refractivity contribution < 1.29 is 18.9 Å². The van der Waals surface area contributed by atoms with Crippen molar-refractivity contribution in [3.63, 3.8) is 0 Å². The minimum Gasteiger partial charge on any atom is -0.376 e. The predicted molar refractivity (Wildman–Crippen MR) is 61.5 cm³/mol. The first-order valence-corrected chi connectivity index (χ1v) is 6.29. The van der Waals surface area contributed by atoms with Crippen molar-refractivity contribution in [1.29, 1.82) is 0 Å². The van der Waals surface area contributed by atoms with Gasteiger partial charge in [0.25, 0.3) is 0 Å². The van der Waals surface area contributed by atoms with Crippen molar-refractivity contribution in [1.82, 2.24) is 0 Å². The third-order valence-electron chi connectivity index (χ3n) is 2.54. The van der Waals surface area contributed by atoms with E-state index in [1.807, 2.05) is 13.8 Å². The van der Waals surface area contributed by atoms with E-state index >= 15 is 0 Å².